The Hall–Kier alpha value is -2.53. The Morgan fingerprint density at radius 2 is 1.93 bits per heavy atom. The molecule has 0 radical (unpaired) electrons. The number of carbonyl (C=O) groups excluding carboxylic acids is 1. The van der Waals surface area contributed by atoms with Gasteiger partial charge in [-0.1, -0.05) is 30.3 Å². The number of hydrogen-bond acceptors (Lipinski definition) is 4. The second-order valence-electron chi connectivity index (χ2n) is 7.34. The summed E-state index contributed by atoms with van der Waals surface area (Å²) in [6.45, 7) is 4.72. The van der Waals surface area contributed by atoms with Crippen molar-refractivity contribution in [1.29, 1.82) is 0 Å². The maximum absolute atomic E-state index is 12.3. The van der Waals surface area contributed by atoms with Crippen molar-refractivity contribution in [3.05, 3.63) is 59.2 Å². The predicted octanol–water partition coefficient (Wildman–Crippen LogP) is 3.05. The highest BCUT2D eigenvalue weighted by Crippen LogP contribution is 2.34. The number of likely N-dealkylation sites (tertiary alicyclic amines) is 1. The van der Waals surface area contributed by atoms with Crippen molar-refractivity contribution >= 4 is 5.91 Å². The Morgan fingerprint density at radius 3 is 2.74 bits per heavy atom. The maximum Gasteiger partial charge on any atom is 0.231 e. The number of aryl methyl sites for hydroxylation is 2. The molecular formula is C22H26N2O3. The summed E-state index contributed by atoms with van der Waals surface area (Å²) in [6, 6.07) is 14.7. The molecule has 27 heavy (non-hydrogen) atoms. The second-order valence-corrected chi connectivity index (χ2v) is 7.34. The predicted molar refractivity (Wildman–Crippen MR) is 104 cm³/mol. The van der Waals surface area contributed by atoms with E-state index in [1.54, 1.807) is 0 Å². The Bertz CT molecular complexity index is 807. The minimum atomic E-state index is 0.207. The van der Waals surface area contributed by atoms with Gasteiger partial charge < -0.3 is 19.7 Å². The van der Waals surface area contributed by atoms with Crippen LogP contribution in [0.4, 0.5) is 0 Å². The van der Waals surface area contributed by atoms with Gasteiger partial charge >= 0.3 is 0 Å². The molecule has 4 rings (SSSR count). The zero-order valence-electron chi connectivity index (χ0n) is 15.7. The average Bonchev–Trinajstić information content (AvgIpc) is 3.26. The standard InChI is InChI=1S/C22H26N2O3/c1-16-10-20-21(27-15-26-20)11-18(16)13-23-19-12-22(25)24(14-19)9-5-8-17-6-3-2-4-7-17/h2-4,6-7,10-11,19,23H,5,8-9,12-15H2,1H3/t19-/m0/s1. The molecule has 2 aromatic carbocycles. The van der Waals surface area contributed by atoms with Crippen LogP contribution in [0.5, 0.6) is 11.5 Å². The van der Waals surface area contributed by atoms with Gasteiger partial charge in [0.15, 0.2) is 11.5 Å². The number of ether oxygens (including phenoxy) is 2. The van der Waals surface area contributed by atoms with Crippen LogP contribution >= 0.6 is 0 Å². The van der Waals surface area contributed by atoms with Gasteiger partial charge in [-0.05, 0) is 48.6 Å². The zero-order chi connectivity index (χ0) is 18.6. The Balaban J connectivity index is 1.26. The smallest absolute Gasteiger partial charge is 0.231 e. The molecule has 142 valence electrons. The number of benzene rings is 2. The van der Waals surface area contributed by atoms with Crippen LogP contribution in [0.2, 0.25) is 0 Å². The number of nitrogens with zero attached hydrogens (tertiary/aromatic N) is 1. The minimum Gasteiger partial charge on any atom is -0.454 e. The molecule has 0 bridgehead atoms. The fourth-order valence-corrected chi connectivity index (χ4v) is 3.77. The zero-order valence-corrected chi connectivity index (χ0v) is 15.7. The molecular weight excluding hydrogens is 340 g/mol. The fourth-order valence-electron chi connectivity index (χ4n) is 3.77. The van der Waals surface area contributed by atoms with Crippen LogP contribution in [0.1, 0.15) is 29.5 Å². The largest absolute Gasteiger partial charge is 0.454 e. The third kappa shape index (κ3) is 4.25. The van der Waals surface area contributed by atoms with Crippen molar-refractivity contribution in [2.45, 2.75) is 38.8 Å². The lowest BCUT2D eigenvalue weighted by Crippen LogP contribution is -2.33. The quantitative estimate of drug-likeness (QED) is 0.818. The first-order valence-corrected chi connectivity index (χ1v) is 9.63. The van der Waals surface area contributed by atoms with Gasteiger partial charge in [0.2, 0.25) is 12.7 Å². The lowest BCUT2D eigenvalue weighted by atomic mass is 10.1. The highest BCUT2D eigenvalue weighted by molar-refractivity contribution is 5.79. The SMILES string of the molecule is Cc1cc2c(cc1CN[C@H]1CC(=O)N(CCCc3ccccc3)C1)OCO2. The van der Waals surface area contributed by atoms with Crippen molar-refractivity contribution in [1.82, 2.24) is 10.2 Å². The molecule has 2 heterocycles. The number of nitrogens with one attached hydrogen (secondary N) is 1. The van der Waals surface area contributed by atoms with Crippen molar-refractivity contribution < 1.29 is 14.3 Å². The Labute approximate surface area is 160 Å². The molecule has 0 aliphatic carbocycles. The number of amides is 1. The van der Waals surface area contributed by atoms with E-state index in [0.717, 1.165) is 44.0 Å². The number of hydrogen-bond donors (Lipinski definition) is 1. The van der Waals surface area contributed by atoms with Gasteiger partial charge in [0.25, 0.3) is 0 Å². The lowest BCUT2D eigenvalue weighted by Gasteiger charge is -2.17. The van der Waals surface area contributed by atoms with E-state index < -0.39 is 0 Å². The average molecular weight is 366 g/mol. The molecule has 1 N–H and O–H groups in total. The first-order valence-electron chi connectivity index (χ1n) is 9.63. The van der Waals surface area contributed by atoms with E-state index in [4.69, 9.17) is 9.47 Å². The summed E-state index contributed by atoms with van der Waals surface area (Å²) in [6.07, 6.45) is 2.60. The molecule has 0 spiro atoms. The second kappa shape index (κ2) is 8.01. The van der Waals surface area contributed by atoms with Crippen LogP contribution in [0.15, 0.2) is 42.5 Å². The van der Waals surface area contributed by atoms with Gasteiger partial charge in [-0.3, -0.25) is 4.79 Å². The lowest BCUT2D eigenvalue weighted by molar-refractivity contribution is -0.127. The maximum atomic E-state index is 12.3. The van der Waals surface area contributed by atoms with Crippen LogP contribution in [0.25, 0.3) is 0 Å². The summed E-state index contributed by atoms with van der Waals surface area (Å²) in [5.41, 5.74) is 3.70. The molecule has 0 aromatic heterocycles. The number of carbonyl (C=O) groups is 1. The van der Waals surface area contributed by atoms with Gasteiger partial charge in [0, 0.05) is 32.1 Å². The van der Waals surface area contributed by atoms with Crippen molar-refractivity contribution in [3.8, 4) is 11.5 Å². The van der Waals surface area contributed by atoms with Gasteiger partial charge in [-0.2, -0.15) is 0 Å². The minimum absolute atomic E-state index is 0.207. The summed E-state index contributed by atoms with van der Waals surface area (Å²) in [7, 11) is 0. The fraction of sp³-hybridized carbons (Fsp3) is 0.409. The van der Waals surface area contributed by atoms with Crippen molar-refractivity contribution in [3.63, 3.8) is 0 Å². The normalized spacial score (nSPS) is 18.3. The van der Waals surface area contributed by atoms with Gasteiger partial charge in [-0.15, -0.1) is 0 Å². The highest BCUT2D eigenvalue weighted by atomic mass is 16.7. The van der Waals surface area contributed by atoms with Crippen LogP contribution in [-0.4, -0.2) is 36.7 Å². The Morgan fingerprint density at radius 1 is 1.15 bits per heavy atom. The van der Waals surface area contributed by atoms with E-state index in [-0.39, 0.29) is 11.9 Å². The van der Waals surface area contributed by atoms with Crippen LogP contribution in [0, 0.1) is 6.92 Å². The highest BCUT2D eigenvalue weighted by Gasteiger charge is 2.28. The Kier molecular flexibility index (Phi) is 5.30. The number of rotatable bonds is 7. The van der Waals surface area contributed by atoms with E-state index in [1.165, 1.54) is 16.7 Å². The third-order valence-corrected chi connectivity index (χ3v) is 5.36. The summed E-state index contributed by atoms with van der Waals surface area (Å²) in [5.74, 6) is 1.88. The van der Waals surface area contributed by atoms with E-state index in [9.17, 15) is 4.79 Å². The molecule has 1 saturated heterocycles. The van der Waals surface area contributed by atoms with Crippen molar-refractivity contribution in [2.75, 3.05) is 19.9 Å². The summed E-state index contributed by atoms with van der Waals surface area (Å²) < 4.78 is 10.9. The molecule has 2 aliphatic heterocycles. The molecule has 1 amide bonds. The summed E-state index contributed by atoms with van der Waals surface area (Å²) in [5, 5.41) is 3.54. The van der Waals surface area contributed by atoms with E-state index in [0.29, 0.717) is 13.2 Å². The van der Waals surface area contributed by atoms with Gasteiger partial charge in [0.05, 0.1) is 0 Å². The monoisotopic (exact) mass is 366 g/mol. The van der Waals surface area contributed by atoms with Gasteiger partial charge in [-0.25, -0.2) is 0 Å². The molecule has 5 nitrogen and oxygen atoms in total. The van der Waals surface area contributed by atoms with E-state index >= 15 is 0 Å². The molecule has 1 atom stereocenters. The van der Waals surface area contributed by atoms with E-state index in [2.05, 4.69) is 36.5 Å². The van der Waals surface area contributed by atoms with Crippen LogP contribution < -0.4 is 14.8 Å². The topological polar surface area (TPSA) is 50.8 Å². The third-order valence-electron chi connectivity index (χ3n) is 5.36. The molecule has 0 saturated carbocycles. The molecule has 0 unspecified atom stereocenters. The molecule has 2 aliphatic rings. The first kappa shape index (κ1) is 17.9. The van der Waals surface area contributed by atoms with Crippen LogP contribution in [0.3, 0.4) is 0 Å². The first-order chi connectivity index (χ1) is 13.2. The van der Waals surface area contributed by atoms with Gasteiger partial charge in [0.1, 0.15) is 0 Å². The number of fused-ring (bicyclic) bond motifs is 1. The molecule has 2 aromatic rings. The van der Waals surface area contributed by atoms with Crippen molar-refractivity contribution in [2.24, 2.45) is 0 Å². The summed E-state index contributed by atoms with van der Waals surface area (Å²) in [4.78, 5) is 14.3. The molecule has 5 heteroatoms. The van der Waals surface area contributed by atoms with E-state index in [1.807, 2.05) is 23.1 Å². The van der Waals surface area contributed by atoms with Crippen LogP contribution in [-0.2, 0) is 17.8 Å². The summed E-state index contributed by atoms with van der Waals surface area (Å²) >= 11 is 0. The molecule has 1 fully saturated rings.